The van der Waals surface area contributed by atoms with Crippen LogP contribution in [0.1, 0.15) is 17.0 Å². The molecule has 1 fully saturated rings. The van der Waals surface area contributed by atoms with Gasteiger partial charge in [-0.15, -0.1) is 0 Å². The molecule has 1 saturated heterocycles. The summed E-state index contributed by atoms with van der Waals surface area (Å²) in [5.41, 5.74) is 3.69. The normalized spacial score (nSPS) is 14.2. The molecule has 172 valence electrons. The van der Waals surface area contributed by atoms with Crippen molar-refractivity contribution < 1.29 is 14.3 Å². The van der Waals surface area contributed by atoms with Crippen LogP contribution in [-0.4, -0.2) is 58.9 Å². The predicted octanol–water partition coefficient (Wildman–Crippen LogP) is 3.52. The molecule has 3 amide bonds. The van der Waals surface area contributed by atoms with Crippen molar-refractivity contribution in [1.29, 1.82) is 0 Å². The monoisotopic (exact) mass is 465 g/mol. The zero-order valence-electron chi connectivity index (χ0n) is 18.8. The van der Waals surface area contributed by atoms with Crippen LogP contribution in [0.2, 0.25) is 0 Å². The van der Waals surface area contributed by atoms with Crippen molar-refractivity contribution in [2.24, 2.45) is 0 Å². The number of carbonyl (C=O) groups excluding carboxylic acids is 2. The Morgan fingerprint density at radius 3 is 2.64 bits per heavy atom. The number of fused-ring (bicyclic) bond motifs is 1. The number of anilines is 1. The third-order valence-corrected chi connectivity index (χ3v) is 6.43. The van der Waals surface area contributed by atoms with Crippen LogP contribution >= 0.6 is 11.8 Å². The van der Waals surface area contributed by atoms with E-state index in [9.17, 15) is 9.59 Å². The number of nitrogens with zero attached hydrogens (tertiary/aromatic N) is 3. The smallest absolute Gasteiger partial charge is 0.325 e. The summed E-state index contributed by atoms with van der Waals surface area (Å²) >= 11 is 1.30. The number of para-hydroxylation sites is 1. The van der Waals surface area contributed by atoms with E-state index in [1.807, 2.05) is 56.3 Å². The number of imide groups is 1. The maximum absolute atomic E-state index is 12.4. The van der Waals surface area contributed by atoms with Crippen molar-refractivity contribution in [3.8, 4) is 0 Å². The molecule has 0 aliphatic carbocycles. The Bertz CT molecular complexity index is 1160. The van der Waals surface area contributed by atoms with E-state index in [4.69, 9.17) is 14.7 Å². The Hall–Kier alpha value is -3.01. The molecule has 4 rings (SSSR count). The first-order valence-corrected chi connectivity index (χ1v) is 11.8. The lowest BCUT2D eigenvalue weighted by molar-refractivity contribution is -0.117. The Labute approximate surface area is 197 Å². The topological polar surface area (TPSA) is 96.5 Å². The number of carbonyl (C=O) groups is 2. The van der Waals surface area contributed by atoms with Gasteiger partial charge in [0.1, 0.15) is 10.9 Å². The molecule has 8 nitrogen and oxygen atoms in total. The van der Waals surface area contributed by atoms with E-state index in [0.29, 0.717) is 31.3 Å². The van der Waals surface area contributed by atoms with Gasteiger partial charge in [0.15, 0.2) is 0 Å². The number of benzene rings is 2. The third kappa shape index (κ3) is 6.28. The molecular formula is C24H27N5O3S. The number of thioether (sulfide) groups is 1. The molecule has 33 heavy (non-hydrogen) atoms. The number of nitrogens with one attached hydrogen (secondary N) is 2. The SMILES string of the molecule is Cc1ccc(NC(=O)NC(=O)CSc2nc(CN3CCOCC3)nc3ccccc23)cc1C. The molecule has 1 aromatic heterocycles. The molecular weight excluding hydrogens is 438 g/mol. The number of aryl methyl sites for hydroxylation is 2. The second kappa shape index (κ2) is 10.7. The van der Waals surface area contributed by atoms with E-state index in [-0.39, 0.29) is 5.75 Å². The molecule has 0 saturated carbocycles. The quantitative estimate of drug-likeness (QED) is 0.425. The molecule has 9 heteroatoms. The van der Waals surface area contributed by atoms with Crippen LogP contribution in [-0.2, 0) is 16.1 Å². The van der Waals surface area contributed by atoms with Crippen LogP contribution in [0.5, 0.6) is 0 Å². The lowest BCUT2D eigenvalue weighted by atomic mass is 10.1. The van der Waals surface area contributed by atoms with E-state index in [2.05, 4.69) is 15.5 Å². The first-order chi connectivity index (χ1) is 16.0. The zero-order valence-corrected chi connectivity index (χ0v) is 19.6. The predicted molar refractivity (Wildman–Crippen MR) is 129 cm³/mol. The molecule has 0 spiro atoms. The molecule has 3 aromatic rings. The molecule has 2 heterocycles. The van der Waals surface area contributed by atoms with Gasteiger partial charge >= 0.3 is 6.03 Å². The highest BCUT2D eigenvalue weighted by atomic mass is 32.2. The Kier molecular flexibility index (Phi) is 7.54. The van der Waals surface area contributed by atoms with Crippen molar-refractivity contribution in [2.45, 2.75) is 25.4 Å². The number of morpholine rings is 1. The van der Waals surface area contributed by atoms with Gasteiger partial charge in [0.05, 0.1) is 31.0 Å². The summed E-state index contributed by atoms with van der Waals surface area (Å²) in [5, 5.41) is 6.71. The Morgan fingerprint density at radius 2 is 1.85 bits per heavy atom. The summed E-state index contributed by atoms with van der Waals surface area (Å²) in [5.74, 6) is 0.392. The summed E-state index contributed by atoms with van der Waals surface area (Å²) in [4.78, 5) is 36.3. The van der Waals surface area contributed by atoms with E-state index in [0.717, 1.165) is 40.1 Å². The first kappa shape index (κ1) is 23.2. The van der Waals surface area contributed by atoms with E-state index in [1.54, 1.807) is 0 Å². The van der Waals surface area contributed by atoms with Crippen molar-refractivity contribution in [3.63, 3.8) is 0 Å². The molecule has 0 unspecified atom stereocenters. The van der Waals surface area contributed by atoms with Gasteiger partial charge in [0, 0.05) is 24.2 Å². The summed E-state index contributed by atoms with van der Waals surface area (Å²) in [6.07, 6.45) is 0. The number of hydrogen-bond acceptors (Lipinski definition) is 7. The fourth-order valence-electron chi connectivity index (χ4n) is 3.51. The molecule has 0 atom stereocenters. The number of urea groups is 1. The highest BCUT2D eigenvalue weighted by molar-refractivity contribution is 8.00. The maximum atomic E-state index is 12.4. The molecule has 1 aliphatic rings. The lowest BCUT2D eigenvalue weighted by Crippen LogP contribution is -2.36. The van der Waals surface area contributed by atoms with E-state index >= 15 is 0 Å². The standard InChI is InChI=1S/C24H27N5O3S/c1-16-7-8-18(13-17(16)2)25-24(31)28-22(30)15-33-23-19-5-3-4-6-20(19)26-21(27-23)14-29-9-11-32-12-10-29/h3-8,13H,9-12,14-15H2,1-2H3,(H2,25,28,30,31). The van der Waals surface area contributed by atoms with Crippen LogP contribution in [0, 0.1) is 13.8 Å². The Balaban J connectivity index is 1.39. The van der Waals surface area contributed by atoms with Crippen LogP contribution in [0.3, 0.4) is 0 Å². The number of rotatable bonds is 6. The minimum absolute atomic E-state index is 0.0678. The molecule has 0 radical (unpaired) electrons. The number of amides is 3. The minimum atomic E-state index is -0.551. The van der Waals surface area contributed by atoms with Crippen molar-refractivity contribution in [1.82, 2.24) is 20.2 Å². The number of hydrogen-bond donors (Lipinski definition) is 2. The summed E-state index contributed by atoms with van der Waals surface area (Å²) < 4.78 is 5.41. The maximum Gasteiger partial charge on any atom is 0.325 e. The average molecular weight is 466 g/mol. The van der Waals surface area contributed by atoms with Gasteiger partial charge in [-0.1, -0.05) is 36.0 Å². The Morgan fingerprint density at radius 1 is 1.06 bits per heavy atom. The fraction of sp³-hybridized carbons (Fsp3) is 0.333. The van der Waals surface area contributed by atoms with Crippen LogP contribution in [0.4, 0.5) is 10.5 Å². The fourth-order valence-corrected chi connectivity index (χ4v) is 4.35. The van der Waals surface area contributed by atoms with Gasteiger partial charge in [-0.05, 0) is 43.2 Å². The summed E-state index contributed by atoms with van der Waals surface area (Å²) in [6.45, 7) is 7.71. The molecule has 2 N–H and O–H groups in total. The molecule has 2 aromatic carbocycles. The second-order valence-corrected chi connectivity index (χ2v) is 8.90. The lowest BCUT2D eigenvalue weighted by Gasteiger charge is -2.25. The van der Waals surface area contributed by atoms with E-state index < -0.39 is 11.9 Å². The zero-order chi connectivity index (χ0) is 23.2. The van der Waals surface area contributed by atoms with Crippen molar-refractivity contribution in [2.75, 3.05) is 37.4 Å². The molecule has 0 bridgehead atoms. The van der Waals surface area contributed by atoms with Gasteiger partial charge in [-0.2, -0.15) is 0 Å². The number of aromatic nitrogens is 2. The largest absolute Gasteiger partial charge is 0.379 e. The third-order valence-electron chi connectivity index (χ3n) is 5.44. The second-order valence-electron chi connectivity index (χ2n) is 7.94. The van der Waals surface area contributed by atoms with E-state index in [1.165, 1.54) is 11.8 Å². The van der Waals surface area contributed by atoms with Crippen LogP contribution in [0.15, 0.2) is 47.5 Å². The summed E-state index contributed by atoms with van der Waals surface area (Å²) in [6, 6.07) is 12.8. The van der Waals surface area contributed by atoms with Gasteiger partial charge in [0.25, 0.3) is 0 Å². The average Bonchev–Trinajstić information content (AvgIpc) is 2.80. The first-order valence-electron chi connectivity index (χ1n) is 10.8. The van der Waals surface area contributed by atoms with Crippen LogP contribution in [0.25, 0.3) is 10.9 Å². The van der Waals surface area contributed by atoms with Crippen molar-refractivity contribution in [3.05, 3.63) is 59.4 Å². The van der Waals surface area contributed by atoms with Gasteiger partial charge in [-0.3, -0.25) is 15.0 Å². The minimum Gasteiger partial charge on any atom is -0.379 e. The van der Waals surface area contributed by atoms with Crippen LogP contribution < -0.4 is 10.6 Å². The highest BCUT2D eigenvalue weighted by Gasteiger charge is 2.16. The highest BCUT2D eigenvalue weighted by Crippen LogP contribution is 2.25. The van der Waals surface area contributed by atoms with Gasteiger partial charge in [-0.25, -0.2) is 14.8 Å². The van der Waals surface area contributed by atoms with Gasteiger partial charge < -0.3 is 10.1 Å². The summed E-state index contributed by atoms with van der Waals surface area (Å²) in [7, 11) is 0. The molecule has 1 aliphatic heterocycles. The van der Waals surface area contributed by atoms with Gasteiger partial charge in [0.2, 0.25) is 5.91 Å². The van der Waals surface area contributed by atoms with Crippen molar-refractivity contribution >= 4 is 40.3 Å². The number of ether oxygens (including phenoxy) is 1.